The van der Waals surface area contributed by atoms with Crippen molar-refractivity contribution in [3.63, 3.8) is 0 Å². The first-order valence-corrected chi connectivity index (χ1v) is 12.7. The van der Waals surface area contributed by atoms with Gasteiger partial charge in [0, 0.05) is 24.7 Å². The Hall–Kier alpha value is -2.38. The van der Waals surface area contributed by atoms with E-state index in [4.69, 9.17) is 4.74 Å². The number of piperidine rings is 1. The predicted molar refractivity (Wildman–Crippen MR) is 128 cm³/mol. The summed E-state index contributed by atoms with van der Waals surface area (Å²) < 4.78 is 33.6. The van der Waals surface area contributed by atoms with E-state index in [1.165, 1.54) is 11.4 Å². The summed E-state index contributed by atoms with van der Waals surface area (Å²) in [7, 11) is -2.23. The second-order valence-electron chi connectivity index (χ2n) is 8.70. The summed E-state index contributed by atoms with van der Waals surface area (Å²) in [6, 6.07) is 11.3. The van der Waals surface area contributed by atoms with Crippen molar-refractivity contribution in [3.05, 3.63) is 53.1 Å². The zero-order valence-corrected chi connectivity index (χ0v) is 20.5. The van der Waals surface area contributed by atoms with Crippen molar-refractivity contribution in [2.24, 2.45) is 5.92 Å². The Morgan fingerprint density at radius 1 is 1.19 bits per heavy atom. The zero-order chi connectivity index (χ0) is 23.5. The molecule has 32 heavy (non-hydrogen) atoms. The van der Waals surface area contributed by atoms with E-state index in [9.17, 15) is 13.2 Å². The molecular formula is C25H34N2O4S. The number of nitrogens with zero attached hydrogens (tertiary/aromatic N) is 1. The van der Waals surface area contributed by atoms with Gasteiger partial charge in [0.25, 0.3) is 0 Å². The number of aryl methyl sites for hydroxylation is 2. The van der Waals surface area contributed by atoms with Crippen molar-refractivity contribution >= 4 is 21.6 Å². The minimum Gasteiger partial charge on any atom is -0.495 e. The smallest absolute Gasteiger partial charge is 0.246 e. The fourth-order valence-corrected chi connectivity index (χ4v) is 5.84. The Morgan fingerprint density at radius 3 is 2.47 bits per heavy atom. The van der Waals surface area contributed by atoms with Crippen LogP contribution in [0.4, 0.5) is 5.69 Å². The molecule has 3 rings (SSSR count). The molecule has 1 aliphatic heterocycles. The van der Waals surface area contributed by atoms with Gasteiger partial charge >= 0.3 is 0 Å². The van der Waals surface area contributed by atoms with Crippen LogP contribution in [0, 0.1) is 12.8 Å². The molecule has 0 spiro atoms. The van der Waals surface area contributed by atoms with Gasteiger partial charge < -0.3 is 10.1 Å². The van der Waals surface area contributed by atoms with E-state index >= 15 is 0 Å². The number of hydrogen-bond acceptors (Lipinski definition) is 4. The normalized spacial score (nSPS) is 15.7. The number of ether oxygens (including phenoxy) is 1. The molecule has 0 radical (unpaired) electrons. The van der Waals surface area contributed by atoms with Crippen molar-refractivity contribution < 1.29 is 17.9 Å². The minimum atomic E-state index is -3.71. The van der Waals surface area contributed by atoms with Crippen LogP contribution in [0.5, 0.6) is 5.75 Å². The number of hydrogen-bond donors (Lipinski definition) is 1. The predicted octanol–water partition coefficient (Wildman–Crippen LogP) is 4.73. The highest BCUT2D eigenvalue weighted by Gasteiger charge is 2.34. The number of amides is 1. The molecule has 1 fully saturated rings. The summed E-state index contributed by atoms with van der Waals surface area (Å²) in [5, 5.41) is 3.10. The van der Waals surface area contributed by atoms with Gasteiger partial charge in [-0.2, -0.15) is 4.31 Å². The lowest BCUT2D eigenvalue weighted by Gasteiger charge is -2.31. The first kappa shape index (κ1) is 24.3. The van der Waals surface area contributed by atoms with Gasteiger partial charge in [-0.05, 0) is 60.9 Å². The molecular weight excluding hydrogens is 424 g/mol. The van der Waals surface area contributed by atoms with Crippen LogP contribution in [0.25, 0.3) is 0 Å². The Kier molecular flexibility index (Phi) is 7.62. The summed E-state index contributed by atoms with van der Waals surface area (Å²) in [4.78, 5) is 13.1. The lowest BCUT2D eigenvalue weighted by Crippen LogP contribution is -2.41. The third-order valence-corrected chi connectivity index (χ3v) is 8.20. The molecule has 1 aliphatic rings. The average Bonchev–Trinajstić information content (AvgIpc) is 2.79. The summed E-state index contributed by atoms with van der Waals surface area (Å²) in [5.74, 6) is 0.305. The SMILES string of the molecule is CCc1cccc(C)c1NC(=O)C1CCN(S(=O)(=O)c2cc(C(C)C)ccc2OC)CC1. The van der Waals surface area contributed by atoms with Gasteiger partial charge in [-0.1, -0.05) is 45.0 Å². The van der Waals surface area contributed by atoms with E-state index in [1.54, 1.807) is 12.1 Å². The molecule has 1 heterocycles. The van der Waals surface area contributed by atoms with Crippen molar-refractivity contribution in [3.8, 4) is 5.75 Å². The van der Waals surface area contributed by atoms with Crippen LogP contribution in [0.1, 0.15) is 56.2 Å². The van der Waals surface area contributed by atoms with E-state index in [1.807, 2.05) is 45.0 Å². The van der Waals surface area contributed by atoms with E-state index in [0.29, 0.717) is 31.7 Å². The fraction of sp³-hybridized carbons (Fsp3) is 0.480. The lowest BCUT2D eigenvalue weighted by molar-refractivity contribution is -0.120. The first-order chi connectivity index (χ1) is 15.2. The number of carbonyl (C=O) groups is 1. The number of carbonyl (C=O) groups excluding carboxylic acids is 1. The van der Waals surface area contributed by atoms with Crippen LogP contribution in [-0.2, 0) is 21.2 Å². The van der Waals surface area contributed by atoms with Gasteiger partial charge in [0.2, 0.25) is 15.9 Å². The maximum Gasteiger partial charge on any atom is 0.246 e. The van der Waals surface area contributed by atoms with Crippen LogP contribution >= 0.6 is 0 Å². The largest absolute Gasteiger partial charge is 0.495 e. The summed E-state index contributed by atoms with van der Waals surface area (Å²) in [5.41, 5.74) is 3.97. The van der Waals surface area contributed by atoms with E-state index < -0.39 is 10.0 Å². The number of methoxy groups -OCH3 is 1. The molecule has 2 aromatic rings. The molecule has 0 aliphatic carbocycles. The Bertz CT molecular complexity index is 1070. The number of rotatable bonds is 7. The van der Waals surface area contributed by atoms with Crippen LogP contribution in [-0.4, -0.2) is 38.8 Å². The molecule has 1 N–H and O–H groups in total. The number of nitrogens with one attached hydrogen (secondary N) is 1. The highest BCUT2D eigenvalue weighted by molar-refractivity contribution is 7.89. The standard InChI is InChI=1S/C25H34N2O4S/c1-6-19-9-7-8-18(4)24(19)26-25(28)20-12-14-27(15-13-20)32(29,30)23-16-21(17(2)3)10-11-22(23)31-5/h7-11,16-17,20H,6,12-15H2,1-5H3,(H,26,28). The second kappa shape index (κ2) is 10.0. The molecule has 2 aromatic carbocycles. The summed E-state index contributed by atoms with van der Waals surface area (Å²) in [6.07, 6.45) is 1.82. The van der Waals surface area contributed by atoms with Crippen molar-refractivity contribution in [1.82, 2.24) is 4.31 Å². The van der Waals surface area contributed by atoms with E-state index in [2.05, 4.69) is 12.2 Å². The van der Waals surface area contributed by atoms with Gasteiger partial charge in [-0.25, -0.2) is 8.42 Å². The highest BCUT2D eigenvalue weighted by Crippen LogP contribution is 2.33. The Balaban J connectivity index is 1.73. The third-order valence-electron chi connectivity index (χ3n) is 6.29. The van der Waals surface area contributed by atoms with Gasteiger partial charge in [0.15, 0.2) is 0 Å². The van der Waals surface area contributed by atoms with Crippen LogP contribution < -0.4 is 10.1 Å². The third kappa shape index (κ3) is 4.99. The van der Waals surface area contributed by atoms with Crippen molar-refractivity contribution in [2.75, 3.05) is 25.5 Å². The minimum absolute atomic E-state index is 0.0366. The maximum atomic E-state index is 13.4. The highest BCUT2D eigenvalue weighted by atomic mass is 32.2. The maximum absolute atomic E-state index is 13.4. The molecule has 1 amide bonds. The molecule has 7 heteroatoms. The number of benzene rings is 2. The Morgan fingerprint density at radius 2 is 1.88 bits per heavy atom. The van der Waals surface area contributed by atoms with E-state index in [0.717, 1.165) is 28.8 Å². The Labute approximate surface area is 192 Å². The van der Waals surface area contributed by atoms with Gasteiger partial charge in [-0.3, -0.25) is 4.79 Å². The lowest BCUT2D eigenvalue weighted by atomic mass is 9.96. The van der Waals surface area contributed by atoms with E-state index in [-0.39, 0.29) is 22.6 Å². The summed E-state index contributed by atoms with van der Waals surface area (Å²) in [6.45, 7) is 8.73. The fourth-order valence-electron chi connectivity index (χ4n) is 4.18. The quantitative estimate of drug-likeness (QED) is 0.651. The molecule has 1 saturated heterocycles. The van der Waals surface area contributed by atoms with Crippen molar-refractivity contribution in [1.29, 1.82) is 0 Å². The van der Waals surface area contributed by atoms with Crippen LogP contribution in [0.2, 0.25) is 0 Å². The van der Waals surface area contributed by atoms with Crippen molar-refractivity contribution in [2.45, 2.75) is 57.8 Å². The topological polar surface area (TPSA) is 75.7 Å². The second-order valence-corrected chi connectivity index (χ2v) is 10.6. The number of sulfonamides is 1. The first-order valence-electron chi connectivity index (χ1n) is 11.3. The molecule has 0 bridgehead atoms. The molecule has 174 valence electrons. The molecule has 0 unspecified atom stereocenters. The van der Waals surface area contributed by atoms with Gasteiger partial charge in [0.05, 0.1) is 7.11 Å². The van der Waals surface area contributed by atoms with Gasteiger partial charge in [0.1, 0.15) is 10.6 Å². The molecule has 0 atom stereocenters. The monoisotopic (exact) mass is 458 g/mol. The van der Waals surface area contributed by atoms with Crippen LogP contribution in [0.3, 0.4) is 0 Å². The molecule has 6 nitrogen and oxygen atoms in total. The number of para-hydroxylation sites is 1. The zero-order valence-electron chi connectivity index (χ0n) is 19.6. The summed E-state index contributed by atoms with van der Waals surface area (Å²) >= 11 is 0. The van der Waals surface area contributed by atoms with Crippen LogP contribution in [0.15, 0.2) is 41.3 Å². The molecule has 0 saturated carbocycles. The number of anilines is 1. The average molecular weight is 459 g/mol. The van der Waals surface area contributed by atoms with Gasteiger partial charge in [-0.15, -0.1) is 0 Å². The molecule has 0 aromatic heterocycles.